The maximum Gasteiger partial charge on any atom is 0.249 e. The minimum atomic E-state index is -0.803. The first-order valence-corrected chi connectivity index (χ1v) is 11.6. The topological polar surface area (TPSA) is 77.0 Å². The van der Waals surface area contributed by atoms with Gasteiger partial charge in [0.2, 0.25) is 5.91 Å². The molecule has 2 aromatic rings. The zero-order chi connectivity index (χ0) is 22.9. The summed E-state index contributed by atoms with van der Waals surface area (Å²) in [5, 5.41) is 15.4. The summed E-state index contributed by atoms with van der Waals surface area (Å²) >= 11 is 12.0. The number of likely N-dealkylation sites (tertiary alicyclic amines) is 1. The van der Waals surface area contributed by atoms with Gasteiger partial charge < -0.3 is 20.1 Å². The zero-order valence-corrected chi connectivity index (χ0v) is 19.6. The van der Waals surface area contributed by atoms with Crippen molar-refractivity contribution in [2.45, 2.75) is 38.3 Å². The van der Waals surface area contributed by atoms with E-state index in [0.717, 1.165) is 44.6 Å². The van der Waals surface area contributed by atoms with Crippen molar-refractivity contribution in [1.82, 2.24) is 10.2 Å². The predicted molar refractivity (Wildman–Crippen MR) is 126 cm³/mol. The Bertz CT molecular complexity index is 912. The number of carbonyl (C=O) groups is 1. The van der Waals surface area contributed by atoms with Crippen molar-refractivity contribution in [2.75, 3.05) is 26.2 Å². The molecule has 1 fully saturated rings. The molecule has 6 nitrogen and oxygen atoms in total. The molecule has 2 aromatic carbocycles. The van der Waals surface area contributed by atoms with Gasteiger partial charge in [-0.2, -0.15) is 0 Å². The molecule has 0 saturated carbocycles. The van der Waals surface area contributed by atoms with Crippen molar-refractivity contribution in [3.63, 3.8) is 0 Å². The highest BCUT2D eigenvalue weighted by atomic mass is 35.5. The third kappa shape index (κ3) is 7.40. The van der Waals surface area contributed by atoms with Crippen LogP contribution in [0, 0.1) is 0 Å². The molecule has 1 N–H and O–H groups in total. The molecule has 0 aromatic heterocycles. The number of benzene rings is 2. The fourth-order valence-electron chi connectivity index (χ4n) is 3.71. The van der Waals surface area contributed by atoms with Crippen LogP contribution < -0.4 is 15.2 Å². The first-order chi connectivity index (χ1) is 15.4. The van der Waals surface area contributed by atoms with E-state index in [1.165, 1.54) is 6.92 Å². The Morgan fingerprint density at radius 1 is 1.19 bits per heavy atom. The third-order valence-corrected chi connectivity index (χ3v) is 6.09. The van der Waals surface area contributed by atoms with E-state index in [2.05, 4.69) is 15.2 Å². The molecule has 1 saturated heterocycles. The first-order valence-electron chi connectivity index (χ1n) is 10.8. The average Bonchev–Trinajstić information content (AvgIpc) is 2.79. The van der Waals surface area contributed by atoms with Crippen molar-refractivity contribution < 1.29 is 14.6 Å². The Morgan fingerprint density at radius 3 is 2.56 bits per heavy atom. The first kappa shape index (κ1) is 24.4. The largest absolute Gasteiger partial charge is 0.862 e. The van der Waals surface area contributed by atoms with Crippen LogP contribution in [0.1, 0.15) is 37.8 Å². The van der Waals surface area contributed by atoms with Crippen LogP contribution in [-0.2, 0) is 4.79 Å². The Balaban J connectivity index is 1.38. The second-order valence-corrected chi connectivity index (χ2v) is 8.66. The normalized spacial score (nSPS) is 16.5. The quantitative estimate of drug-likeness (QED) is 0.338. The Labute approximate surface area is 199 Å². The number of amides is 1. The van der Waals surface area contributed by atoms with Crippen LogP contribution in [0.25, 0.3) is 0 Å². The van der Waals surface area contributed by atoms with Gasteiger partial charge in [0.15, 0.2) is 6.04 Å². The molecule has 1 aliphatic rings. The molecule has 1 amide bonds. The van der Waals surface area contributed by atoms with E-state index in [4.69, 9.17) is 27.9 Å². The van der Waals surface area contributed by atoms with Crippen LogP contribution in [0.4, 0.5) is 0 Å². The summed E-state index contributed by atoms with van der Waals surface area (Å²) < 4.78 is 6.03. The summed E-state index contributed by atoms with van der Waals surface area (Å²) in [5.74, 6) is 0.129. The SMILES string of the molecule is CC([O-])=NC(C(=O)NCCCN1CCC(Oc2ccc(Cl)c(Cl)c2)CC1)c1ccccc1. The maximum atomic E-state index is 12.6. The molecule has 0 spiro atoms. The minimum Gasteiger partial charge on any atom is -0.862 e. The number of halogens is 2. The average molecular weight is 477 g/mol. The maximum absolute atomic E-state index is 12.6. The standard InChI is InChI=1S/C24H29Cl2N3O3/c1-17(30)28-23(18-6-3-2-4-7-18)24(31)27-12-5-13-29-14-10-19(11-15-29)32-20-8-9-21(25)22(26)16-20/h2-4,6-9,16,19,23H,5,10-15H2,1H3,(H,27,31)(H,28,30)/p-1. The van der Waals surface area contributed by atoms with Gasteiger partial charge in [-0.25, -0.2) is 0 Å². The van der Waals surface area contributed by atoms with E-state index in [-0.39, 0.29) is 17.9 Å². The number of hydrogen-bond donors (Lipinski definition) is 1. The van der Waals surface area contributed by atoms with Gasteiger partial charge in [-0.05, 0) is 56.3 Å². The highest BCUT2D eigenvalue weighted by molar-refractivity contribution is 6.42. The highest BCUT2D eigenvalue weighted by Crippen LogP contribution is 2.28. The lowest BCUT2D eigenvalue weighted by Crippen LogP contribution is -2.40. The van der Waals surface area contributed by atoms with Crippen LogP contribution in [0.5, 0.6) is 5.75 Å². The Morgan fingerprint density at radius 2 is 1.91 bits per heavy atom. The molecular formula is C24H28Cl2N3O3-. The van der Waals surface area contributed by atoms with Gasteiger partial charge >= 0.3 is 0 Å². The lowest BCUT2D eigenvalue weighted by molar-refractivity contribution is -0.216. The van der Waals surface area contributed by atoms with Gasteiger partial charge in [0, 0.05) is 25.7 Å². The molecular weight excluding hydrogens is 449 g/mol. The van der Waals surface area contributed by atoms with E-state index < -0.39 is 6.04 Å². The highest BCUT2D eigenvalue weighted by Gasteiger charge is 2.21. The lowest BCUT2D eigenvalue weighted by Gasteiger charge is -2.32. The summed E-state index contributed by atoms with van der Waals surface area (Å²) in [6.45, 7) is 4.66. The van der Waals surface area contributed by atoms with Crippen molar-refractivity contribution in [2.24, 2.45) is 4.99 Å². The van der Waals surface area contributed by atoms with Crippen LogP contribution in [0.3, 0.4) is 0 Å². The van der Waals surface area contributed by atoms with E-state index in [1.807, 2.05) is 24.3 Å². The monoisotopic (exact) mass is 476 g/mol. The smallest absolute Gasteiger partial charge is 0.249 e. The fourth-order valence-corrected chi connectivity index (χ4v) is 3.99. The van der Waals surface area contributed by atoms with Gasteiger partial charge in [0.05, 0.1) is 10.0 Å². The van der Waals surface area contributed by atoms with E-state index in [0.29, 0.717) is 22.2 Å². The summed E-state index contributed by atoms with van der Waals surface area (Å²) in [7, 11) is 0. The van der Waals surface area contributed by atoms with Crippen molar-refractivity contribution in [3.05, 3.63) is 64.1 Å². The van der Waals surface area contributed by atoms with E-state index in [9.17, 15) is 9.90 Å². The molecule has 32 heavy (non-hydrogen) atoms. The summed E-state index contributed by atoms with van der Waals surface area (Å²) in [4.78, 5) is 18.9. The van der Waals surface area contributed by atoms with Crippen LogP contribution in [0.15, 0.2) is 53.5 Å². The van der Waals surface area contributed by atoms with Gasteiger partial charge in [-0.3, -0.25) is 9.79 Å². The number of aliphatic imine (C=N–C) groups is 1. The number of ether oxygens (including phenoxy) is 1. The van der Waals surface area contributed by atoms with Crippen molar-refractivity contribution in [3.8, 4) is 5.75 Å². The molecule has 1 unspecified atom stereocenters. The van der Waals surface area contributed by atoms with E-state index >= 15 is 0 Å². The number of piperidine rings is 1. The van der Waals surface area contributed by atoms with Gasteiger partial charge in [0.1, 0.15) is 11.9 Å². The number of nitrogens with zero attached hydrogens (tertiary/aromatic N) is 2. The second kappa shape index (κ2) is 12.1. The van der Waals surface area contributed by atoms with Crippen molar-refractivity contribution in [1.29, 1.82) is 0 Å². The van der Waals surface area contributed by atoms with Crippen LogP contribution in [-0.4, -0.2) is 49.0 Å². The number of carbonyl (C=O) groups excluding carboxylic acids is 1. The summed E-state index contributed by atoms with van der Waals surface area (Å²) in [5.41, 5.74) is 0.712. The molecule has 0 radical (unpaired) electrons. The summed E-state index contributed by atoms with van der Waals surface area (Å²) in [6.07, 6.45) is 2.84. The summed E-state index contributed by atoms with van der Waals surface area (Å²) in [6, 6.07) is 13.7. The molecule has 172 valence electrons. The third-order valence-electron chi connectivity index (χ3n) is 5.35. The van der Waals surface area contributed by atoms with Crippen molar-refractivity contribution >= 4 is 35.0 Å². The molecule has 1 aliphatic heterocycles. The number of hydrogen-bond acceptors (Lipinski definition) is 5. The van der Waals surface area contributed by atoms with Crippen LogP contribution in [0.2, 0.25) is 10.0 Å². The van der Waals surface area contributed by atoms with Gasteiger partial charge in [0.25, 0.3) is 0 Å². The van der Waals surface area contributed by atoms with Gasteiger partial charge in [-0.15, -0.1) is 0 Å². The molecule has 8 heteroatoms. The number of rotatable bonds is 9. The molecule has 1 atom stereocenters. The Kier molecular flexibility index (Phi) is 9.21. The lowest BCUT2D eigenvalue weighted by atomic mass is 10.1. The minimum absolute atomic E-state index is 0.156. The van der Waals surface area contributed by atoms with Gasteiger partial charge in [-0.1, -0.05) is 53.5 Å². The Hall–Kier alpha value is -2.28. The number of nitrogens with one attached hydrogen (secondary N) is 1. The van der Waals surface area contributed by atoms with E-state index in [1.54, 1.807) is 24.3 Å². The van der Waals surface area contributed by atoms with Crippen LogP contribution >= 0.6 is 23.2 Å². The molecule has 1 heterocycles. The zero-order valence-electron chi connectivity index (χ0n) is 18.1. The fraction of sp³-hybridized carbons (Fsp3) is 0.417. The molecule has 0 aliphatic carbocycles. The second-order valence-electron chi connectivity index (χ2n) is 7.84. The molecule has 0 bridgehead atoms. The predicted octanol–water partition coefficient (Wildman–Crippen LogP) is 3.86. The molecule has 3 rings (SSSR count).